The molecule has 1 fully saturated rings. The molecule has 0 amide bonds. The van der Waals surface area contributed by atoms with Crippen molar-refractivity contribution in [1.82, 2.24) is 19.9 Å². The van der Waals surface area contributed by atoms with E-state index in [1.54, 1.807) is 12.1 Å². The Morgan fingerprint density at radius 1 is 0.507 bits per heavy atom. The molecule has 13 nitrogen and oxygen atoms in total. The van der Waals surface area contributed by atoms with Crippen molar-refractivity contribution in [3.63, 3.8) is 0 Å². The van der Waals surface area contributed by atoms with E-state index in [4.69, 9.17) is 20.2 Å². The van der Waals surface area contributed by atoms with Gasteiger partial charge < -0.3 is 35.1 Å². The predicted molar refractivity (Wildman–Crippen MR) is 272 cm³/mol. The highest BCUT2D eigenvalue weighted by molar-refractivity contribution is 6.06. The van der Waals surface area contributed by atoms with Crippen LogP contribution < -0.4 is 0 Å². The van der Waals surface area contributed by atoms with Gasteiger partial charge in [-0.3, -0.25) is 19.2 Å². The van der Waals surface area contributed by atoms with Gasteiger partial charge in [-0.1, -0.05) is 115 Å². The van der Waals surface area contributed by atoms with E-state index in [1.165, 1.54) is 12.1 Å². The van der Waals surface area contributed by atoms with E-state index in [0.29, 0.717) is 39.2 Å². The van der Waals surface area contributed by atoms with E-state index in [2.05, 4.69) is 9.97 Å². The smallest absolute Gasteiger partial charge is 0.200 e. The first-order valence-corrected chi connectivity index (χ1v) is 22.5. The van der Waals surface area contributed by atoms with Crippen LogP contribution in [0.4, 0.5) is 0 Å². The molecule has 354 valence electrons. The van der Waals surface area contributed by atoms with Crippen molar-refractivity contribution in [2.75, 3.05) is 0 Å². The molecule has 6 atom stereocenters. The van der Waals surface area contributed by atoms with Gasteiger partial charge in [0.25, 0.3) is 0 Å². The van der Waals surface area contributed by atoms with Gasteiger partial charge in [-0.05, 0) is 104 Å². The van der Waals surface area contributed by atoms with Crippen molar-refractivity contribution < 1.29 is 49.8 Å². The molecule has 6 N–H and O–H groups in total. The lowest BCUT2D eigenvalue weighted by molar-refractivity contribution is -0.329. The molecule has 0 saturated carbocycles. The van der Waals surface area contributed by atoms with Gasteiger partial charge in [0.1, 0.15) is 18.3 Å². The molecule has 3 aliphatic rings. The van der Waals surface area contributed by atoms with E-state index >= 15 is 0 Å². The van der Waals surface area contributed by atoms with Crippen LogP contribution in [0.1, 0.15) is 67.5 Å². The number of rotatable bonds is 10. The molecule has 7 aromatic rings. The van der Waals surface area contributed by atoms with Crippen LogP contribution >= 0.6 is 0 Å². The monoisotopic (exact) mass is 948 g/mol. The molecule has 0 radical (unpaired) electrons. The number of Topliss-reactive ketones (excluding diaryl/α,β-unsaturated/α-hetero) is 4. The molecule has 13 heteroatoms. The molecule has 71 heavy (non-hydrogen) atoms. The zero-order chi connectivity index (χ0) is 52.8. The zero-order valence-electron chi connectivity index (χ0n) is 41.9. The summed E-state index contributed by atoms with van der Waals surface area (Å²) in [7, 11) is 0. The summed E-state index contributed by atoms with van der Waals surface area (Å²) in [6.45, 7) is -5.38. The lowest BCUT2D eigenvalue weighted by Gasteiger charge is -2.58. The summed E-state index contributed by atoms with van der Waals surface area (Å²) in [5.41, 5.74) is -0.349. The summed E-state index contributed by atoms with van der Waals surface area (Å²) in [5.74, 6) is -6.56. The van der Waals surface area contributed by atoms with Crippen LogP contribution in [-0.2, 0) is 23.9 Å². The molecular formula is C58H48N4O9. The normalized spacial score (nSPS) is 22.7. The lowest BCUT2D eigenvalue weighted by atomic mass is 9.57. The summed E-state index contributed by atoms with van der Waals surface area (Å²) < 4.78 is 37.4. The number of nitrogens with one attached hydrogen (secondary N) is 2. The Hall–Kier alpha value is -8.04. The Bertz CT molecular complexity index is 3610. The number of fused-ring (bicyclic) bond motifs is 8. The van der Waals surface area contributed by atoms with E-state index in [1.807, 2.05) is 140 Å². The first-order valence-electron chi connectivity index (χ1n) is 25.3. The van der Waals surface area contributed by atoms with E-state index in [-0.39, 0.29) is 5.56 Å². The number of carbonyl (C=O) groups is 4. The van der Waals surface area contributed by atoms with Crippen LogP contribution in [0.2, 0.25) is 0 Å². The van der Waals surface area contributed by atoms with Gasteiger partial charge in [0.2, 0.25) is 0 Å². The molecule has 0 aliphatic carbocycles. The number of ether oxygens (including phenoxy) is 1. The number of carbonyl (C=O) groups excluding carboxylic acids is 4. The third-order valence-corrected chi connectivity index (χ3v) is 13.5. The first-order chi connectivity index (χ1) is 36.2. The number of hydrogen-bond donors (Lipinski definition) is 6. The van der Waals surface area contributed by atoms with Crippen LogP contribution in [0.25, 0.3) is 90.9 Å². The minimum Gasteiger partial charge on any atom is -0.382 e. The van der Waals surface area contributed by atoms with Crippen molar-refractivity contribution in [1.29, 1.82) is 0 Å². The van der Waals surface area contributed by atoms with E-state index in [0.717, 1.165) is 50.1 Å². The van der Waals surface area contributed by atoms with Crippen molar-refractivity contribution >= 4 is 69.5 Å². The molecule has 2 unspecified atom stereocenters. The summed E-state index contributed by atoms with van der Waals surface area (Å²) in [5, 5.41) is 48.4. The van der Waals surface area contributed by atoms with Gasteiger partial charge >= 0.3 is 0 Å². The van der Waals surface area contributed by atoms with Crippen molar-refractivity contribution in [3.8, 4) is 44.5 Å². The highest BCUT2D eigenvalue weighted by Crippen LogP contribution is 2.53. The summed E-state index contributed by atoms with van der Waals surface area (Å²) >= 11 is 0. The van der Waals surface area contributed by atoms with Crippen molar-refractivity contribution in [3.05, 3.63) is 168 Å². The number of aromatic nitrogens is 4. The van der Waals surface area contributed by atoms with Gasteiger partial charge in [-0.25, -0.2) is 9.97 Å². The second-order valence-electron chi connectivity index (χ2n) is 17.6. The minimum atomic E-state index is -4.07. The number of benzene rings is 4. The van der Waals surface area contributed by atoms with Crippen molar-refractivity contribution in [2.45, 2.75) is 62.7 Å². The van der Waals surface area contributed by atoms with Gasteiger partial charge in [0, 0.05) is 49.8 Å². The number of H-pyrrole nitrogens is 2. The maximum Gasteiger partial charge on any atom is 0.200 e. The van der Waals surface area contributed by atoms with Crippen LogP contribution in [0.15, 0.2) is 140 Å². The predicted octanol–water partition coefficient (Wildman–Crippen LogP) is 8.67. The number of ketones is 4. The third-order valence-electron chi connectivity index (χ3n) is 13.5. The average molecular weight is 949 g/mol. The SMILES string of the molecule is [2H]CC(=O)C(O)[C@H]1OC(c2ccc(-c3c4nc(c(-c5ccccc5)c5ccc([nH]5)c(-c5ccccc5)c5nc(c(-c6ccccc6)c6ccc3[nH]6)C=C5)C=C4)cc2)[C@](O)(C(=O)C[2H])[C@](O)(C(=O)C[2H])[C@@]1(O)C(=O)C[2H]. The summed E-state index contributed by atoms with van der Waals surface area (Å²) in [6.07, 6.45) is 0.122. The maximum absolute atomic E-state index is 14.0. The number of aliphatic hydroxyl groups excluding tert-OH is 1. The number of nitrogens with zero attached hydrogens (tertiary/aromatic N) is 2. The van der Waals surface area contributed by atoms with Crippen LogP contribution in [0.5, 0.6) is 0 Å². The Morgan fingerprint density at radius 2 is 0.873 bits per heavy atom. The maximum atomic E-state index is 14.0. The Balaban J connectivity index is 1.25. The largest absolute Gasteiger partial charge is 0.382 e. The van der Waals surface area contributed by atoms with Crippen LogP contribution in [-0.4, -0.2) is 92.5 Å². The summed E-state index contributed by atoms with van der Waals surface area (Å²) in [4.78, 5) is 72.3. The first kappa shape index (κ1) is 41.9. The second-order valence-corrected chi connectivity index (χ2v) is 17.6. The fourth-order valence-corrected chi connectivity index (χ4v) is 10.0. The molecule has 8 bridgehead atoms. The van der Waals surface area contributed by atoms with Gasteiger partial charge in [0.05, 0.1) is 22.8 Å². The van der Waals surface area contributed by atoms with E-state index in [9.17, 15) is 39.6 Å². The highest BCUT2D eigenvalue weighted by atomic mass is 16.6. The number of aliphatic hydroxyl groups is 4. The van der Waals surface area contributed by atoms with Crippen LogP contribution in [0.3, 0.4) is 0 Å². The quantitative estimate of drug-likeness (QED) is 0.0763. The van der Waals surface area contributed by atoms with Gasteiger partial charge in [-0.2, -0.15) is 0 Å². The average Bonchev–Trinajstić information content (AvgIpc) is 4.31. The standard InChI is InChI=1S/C58H48N4O9/c1-32(63)53(67)55-57(69,34(3)65)58(70,35(4)66)56(68,33(2)64)54(71-55)40-22-20-39(21-23-40)52-47-30-28-45(61-47)50(37-16-10-6-11-17-37)43-26-24-41(59-43)49(36-14-8-5-9-15-36)42-25-27-44(60-42)51(38-18-12-7-13-19-38)46-29-31-48(52)62-46/h5-31,53-55,59,62,67-70H,1-4H3/t53?,54?,55-,56-,57-,58-/m1/s1/i1D,2D,3D,4D. The molecule has 0 spiro atoms. The fourth-order valence-electron chi connectivity index (χ4n) is 10.0. The Labute approximate surface area is 413 Å². The lowest BCUT2D eigenvalue weighted by Crippen LogP contribution is -2.85. The van der Waals surface area contributed by atoms with Crippen LogP contribution in [0, 0.1) is 0 Å². The number of aromatic amines is 2. The molecule has 4 aromatic carbocycles. The topological polar surface area (TPSA) is 216 Å². The van der Waals surface area contributed by atoms with Crippen molar-refractivity contribution in [2.24, 2.45) is 0 Å². The molecule has 1 saturated heterocycles. The van der Waals surface area contributed by atoms with E-state index < -0.39 is 85.8 Å². The third kappa shape index (κ3) is 7.36. The van der Waals surface area contributed by atoms with Gasteiger partial charge in [-0.15, -0.1) is 0 Å². The van der Waals surface area contributed by atoms with Gasteiger partial charge in [0.15, 0.2) is 39.9 Å². The molecule has 3 aliphatic heterocycles. The molecule has 10 rings (SSSR count). The molecule has 6 heterocycles. The second kappa shape index (κ2) is 17.7. The minimum absolute atomic E-state index is 0.209. The molecule has 3 aromatic heterocycles. The Kier molecular flexibility index (Phi) is 10.5. The fraction of sp³-hybridized carbons (Fsp3) is 0.172. The highest BCUT2D eigenvalue weighted by Gasteiger charge is 2.79. The zero-order valence-corrected chi connectivity index (χ0v) is 37.9. The summed E-state index contributed by atoms with van der Waals surface area (Å²) in [6, 6.07) is 43.3. The Morgan fingerprint density at radius 3 is 1.24 bits per heavy atom. The number of hydrogen-bond acceptors (Lipinski definition) is 11. The molecular weight excluding hydrogens is 897 g/mol.